The molecule has 3 aromatic rings. The number of carbonyl (C=O) groups excluding carboxylic acids is 4. The number of fused-ring (bicyclic) bond motifs is 1. The first kappa shape index (κ1) is 26.6. The summed E-state index contributed by atoms with van der Waals surface area (Å²) in [5.41, 5.74) is 1.49. The average molecular weight is 555 g/mol. The van der Waals surface area contributed by atoms with Crippen LogP contribution in [0.15, 0.2) is 36.4 Å². The van der Waals surface area contributed by atoms with Crippen LogP contribution < -0.4 is 16.0 Å². The summed E-state index contributed by atoms with van der Waals surface area (Å²) in [5, 5.41) is 13.1. The number of carbonyl (C=O) groups is 4. The van der Waals surface area contributed by atoms with Crippen LogP contribution >= 0.6 is 11.6 Å². The van der Waals surface area contributed by atoms with Crippen molar-refractivity contribution in [2.24, 2.45) is 0 Å². The number of anilines is 1. The Kier molecular flexibility index (Phi) is 7.51. The molecule has 4 amide bonds. The molecule has 1 aromatic heterocycles. The number of nitrogens with one attached hydrogen (secondary N) is 3. The van der Waals surface area contributed by atoms with E-state index in [0.717, 1.165) is 25.7 Å². The normalized spacial score (nSPS) is 14.6. The molecule has 0 spiro atoms. The Morgan fingerprint density at radius 3 is 2.59 bits per heavy atom. The molecule has 2 fully saturated rings. The Bertz CT molecular complexity index is 1470. The van der Waals surface area contributed by atoms with Crippen LogP contribution in [0.3, 0.4) is 0 Å². The lowest BCUT2D eigenvalue weighted by atomic mass is 10.1. The lowest BCUT2D eigenvalue weighted by molar-refractivity contribution is -0.137. The van der Waals surface area contributed by atoms with E-state index in [1.807, 2.05) is 0 Å². The lowest BCUT2D eigenvalue weighted by Crippen LogP contribution is -2.43. The molecule has 3 N–H and O–H groups in total. The molecule has 10 nitrogen and oxygen atoms in total. The van der Waals surface area contributed by atoms with E-state index in [2.05, 4.69) is 21.0 Å². The molecule has 1 heterocycles. The summed E-state index contributed by atoms with van der Waals surface area (Å²) >= 11 is 5.80. The summed E-state index contributed by atoms with van der Waals surface area (Å²) in [6, 6.07) is 9.40. The highest BCUT2D eigenvalue weighted by atomic mass is 35.5. The van der Waals surface area contributed by atoms with E-state index in [0.29, 0.717) is 16.6 Å². The summed E-state index contributed by atoms with van der Waals surface area (Å²) in [6.07, 6.45) is 3.47. The zero-order valence-corrected chi connectivity index (χ0v) is 22.1. The van der Waals surface area contributed by atoms with Crippen LogP contribution in [0.1, 0.15) is 48.7 Å². The Balaban J connectivity index is 1.28. The summed E-state index contributed by atoms with van der Waals surface area (Å²) in [7, 11) is 0. The molecule has 5 rings (SSSR count). The molecule has 0 aliphatic heterocycles. The summed E-state index contributed by atoms with van der Waals surface area (Å²) in [4.78, 5) is 51.9. The predicted octanol–water partition coefficient (Wildman–Crippen LogP) is 3.62. The van der Waals surface area contributed by atoms with Gasteiger partial charge in [-0.05, 0) is 49.9 Å². The molecule has 0 unspecified atom stereocenters. The Morgan fingerprint density at radius 1 is 1.13 bits per heavy atom. The number of ketones is 1. The number of hydrogen-bond donors (Lipinski definition) is 3. The fourth-order valence-electron chi connectivity index (χ4n) is 4.33. The van der Waals surface area contributed by atoms with E-state index in [9.17, 15) is 23.6 Å². The first-order valence-electron chi connectivity index (χ1n) is 12.8. The third kappa shape index (κ3) is 6.36. The van der Waals surface area contributed by atoms with Crippen LogP contribution in [-0.4, -0.2) is 56.9 Å². The Labute approximate surface area is 228 Å². The molecule has 2 saturated carbocycles. The van der Waals surface area contributed by atoms with Gasteiger partial charge in [0.15, 0.2) is 5.78 Å². The van der Waals surface area contributed by atoms with Crippen molar-refractivity contribution in [3.8, 4) is 0 Å². The number of rotatable bonds is 10. The number of nitrogens with zero attached hydrogens (tertiary/aromatic N) is 3. The van der Waals surface area contributed by atoms with Crippen LogP contribution in [0.2, 0.25) is 5.02 Å². The fourth-order valence-corrected chi connectivity index (χ4v) is 4.53. The zero-order valence-electron chi connectivity index (χ0n) is 21.3. The molecule has 0 atom stereocenters. The van der Waals surface area contributed by atoms with Gasteiger partial charge in [-0.15, -0.1) is 0 Å². The van der Waals surface area contributed by atoms with Gasteiger partial charge < -0.3 is 20.9 Å². The minimum absolute atomic E-state index is 0.0302. The summed E-state index contributed by atoms with van der Waals surface area (Å²) in [5.74, 6) is -1.63. The molecule has 12 heteroatoms. The van der Waals surface area contributed by atoms with E-state index in [1.165, 1.54) is 28.6 Å². The van der Waals surface area contributed by atoms with E-state index in [1.54, 1.807) is 24.3 Å². The topological polar surface area (TPSA) is 125 Å². The highest BCUT2D eigenvalue weighted by molar-refractivity contribution is 6.30. The number of benzene rings is 2. The van der Waals surface area contributed by atoms with E-state index >= 15 is 0 Å². The van der Waals surface area contributed by atoms with Gasteiger partial charge in [-0.25, -0.2) is 9.18 Å². The third-order valence-corrected chi connectivity index (χ3v) is 6.96. The number of halogens is 2. The van der Waals surface area contributed by atoms with Gasteiger partial charge in [0, 0.05) is 42.2 Å². The smallest absolute Gasteiger partial charge is 0.319 e. The molecule has 0 radical (unpaired) electrons. The average Bonchev–Trinajstić information content (AvgIpc) is 3.83. The SMILES string of the molecule is CC(=O)c1nn(CC(=O)N(CC(=O)NCc2cccc(Cl)c2F)C2CC2)c2ccc(NC(=O)NC3CC3)cc12. The first-order valence-corrected chi connectivity index (χ1v) is 13.2. The highest BCUT2D eigenvalue weighted by Gasteiger charge is 2.34. The van der Waals surface area contributed by atoms with Gasteiger partial charge in [0.2, 0.25) is 11.8 Å². The van der Waals surface area contributed by atoms with Crippen molar-refractivity contribution < 1.29 is 23.6 Å². The second kappa shape index (κ2) is 11.0. The first-order chi connectivity index (χ1) is 18.7. The molecule has 0 bridgehead atoms. The standard InChI is InChI=1S/C27H28ClFN6O4/c1-15(36)26-20-11-18(32-27(39)31-17-5-6-17)7-10-22(20)35(33-26)14-24(38)34(19-8-9-19)13-23(37)30-12-16-3-2-4-21(28)25(16)29/h2-4,7,10-11,17,19H,5-6,8-9,12-14H2,1H3,(H,30,37)(H2,31,32,39). The second-order valence-electron chi connectivity index (χ2n) is 9.91. The van der Waals surface area contributed by atoms with E-state index < -0.39 is 11.7 Å². The molecule has 204 valence electrons. The van der Waals surface area contributed by atoms with Crippen LogP contribution in [0.4, 0.5) is 14.9 Å². The van der Waals surface area contributed by atoms with Gasteiger partial charge in [-0.3, -0.25) is 19.1 Å². The number of amides is 4. The zero-order chi connectivity index (χ0) is 27.7. The molecular formula is C27H28ClFN6O4. The highest BCUT2D eigenvalue weighted by Crippen LogP contribution is 2.28. The molecule has 2 aromatic carbocycles. The van der Waals surface area contributed by atoms with Crippen LogP contribution in [0.5, 0.6) is 0 Å². The monoisotopic (exact) mass is 554 g/mol. The van der Waals surface area contributed by atoms with Crippen molar-refractivity contribution in [1.29, 1.82) is 0 Å². The maximum absolute atomic E-state index is 14.1. The predicted molar refractivity (Wildman–Crippen MR) is 143 cm³/mol. The van der Waals surface area contributed by atoms with Crippen molar-refractivity contribution in [3.05, 3.63) is 58.5 Å². The quantitative estimate of drug-likeness (QED) is 0.330. The van der Waals surface area contributed by atoms with Gasteiger partial charge in [-0.1, -0.05) is 23.7 Å². The molecule has 2 aliphatic rings. The van der Waals surface area contributed by atoms with Crippen molar-refractivity contribution >= 4 is 51.8 Å². The summed E-state index contributed by atoms with van der Waals surface area (Å²) < 4.78 is 15.6. The van der Waals surface area contributed by atoms with Crippen molar-refractivity contribution in [1.82, 2.24) is 25.3 Å². The Morgan fingerprint density at radius 2 is 1.90 bits per heavy atom. The largest absolute Gasteiger partial charge is 0.350 e. The number of Topliss-reactive ketones (excluding diaryl/α,β-unsaturated/α-hetero) is 1. The molecule has 0 saturated heterocycles. The number of hydrogen-bond acceptors (Lipinski definition) is 5. The van der Waals surface area contributed by atoms with Gasteiger partial charge in [0.05, 0.1) is 17.1 Å². The molecule has 2 aliphatic carbocycles. The lowest BCUT2D eigenvalue weighted by Gasteiger charge is -2.22. The second-order valence-corrected chi connectivity index (χ2v) is 10.3. The van der Waals surface area contributed by atoms with Gasteiger partial charge in [0.1, 0.15) is 18.1 Å². The van der Waals surface area contributed by atoms with Gasteiger partial charge in [0.25, 0.3) is 0 Å². The number of aromatic nitrogens is 2. The molecule has 39 heavy (non-hydrogen) atoms. The minimum Gasteiger partial charge on any atom is -0.350 e. The van der Waals surface area contributed by atoms with Crippen LogP contribution in [-0.2, 0) is 22.7 Å². The third-order valence-electron chi connectivity index (χ3n) is 6.67. The summed E-state index contributed by atoms with van der Waals surface area (Å²) in [6.45, 7) is 0.968. The van der Waals surface area contributed by atoms with Crippen LogP contribution in [0.25, 0.3) is 10.9 Å². The van der Waals surface area contributed by atoms with Gasteiger partial charge >= 0.3 is 6.03 Å². The van der Waals surface area contributed by atoms with Crippen LogP contribution in [0, 0.1) is 5.82 Å². The van der Waals surface area contributed by atoms with E-state index in [-0.39, 0.29) is 65.7 Å². The van der Waals surface area contributed by atoms with Gasteiger partial charge in [-0.2, -0.15) is 5.10 Å². The van der Waals surface area contributed by atoms with E-state index in [4.69, 9.17) is 11.6 Å². The van der Waals surface area contributed by atoms with Crippen molar-refractivity contribution in [2.45, 2.75) is 57.8 Å². The minimum atomic E-state index is -0.594. The maximum atomic E-state index is 14.1. The number of urea groups is 1. The Hall–Kier alpha value is -3.99. The maximum Gasteiger partial charge on any atom is 0.319 e. The van der Waals surface area contributed by atoms with Crippen molar-refractivity contribution in [3.63, 3.8) is 0 Å². The molecular weight excluding hydrogens is 527 g/mol. The van der Waals surface area contributed by atoms with Crippen molar-refractivity contribution in [2.75, 3.05) is 11.9 Å². The fraction of sp³-hybridized carbons (Fsp3) is 0.370.